The fraction of sp³-hybridized carbons (Fsp3) is 0.500. The maximum Gasteiger partial charge on any atom is 0.261 e. The second-order valence-electron chi connectivity index (χ2n) is 6.95. The normalized spacial score (nSPS) is 19.2. The van der Waals surface area contributed by atoms with Crippen LogP contribution >= 0.6 is 0 Å². The van der Waals surface area contributed by atoms with Crippen LogP contribution in [0.15, 0.2) is 29.3 Å². The molecule has 4 rings (SSSR count). The number of hydrogen-bond acceptors (Lipinski definition) is 4. The van der Waals surface area contributed by atoms with Crippen LogP contribution in [0.2, 0.25) is 0 Å². The fourth-order valence-electron chi connectivity index (χ4n) is 3.52. The second-order valence-corrected chi connectivity index (χ2v) is 6.95. The highest BCUT2D eigenvalue weighted by molar-refractivity contribution is 5.79. The molecule has 2 aliphatic rings. The van der Waals surface area contributed by atoms with Gasteiger partial charge in [-0.3, -0.25) is 14.2 Å². The van der Waals surface area contributed by atoms with Crippen LogP contribution in [0.5, 0.6) is 0 Å². The van der Waals surface area contributed by atoms with Gasteiger partial charge in [0.2, 0.25) is 5.91 Å². The molecule has 1 saturated carbocycles. The van der Waals surface area contributed by atoms with E-state index in [0.717, 1.165) is 32.0 Å². The molecule has 1 aromatic carbocycles. The molecule has 2 aromatic rings. The van der Waals surface area contributed by atoms with Crippen molar-refractivity contribution in [2.75, 3.05) is 13.1 Å². The van der Waals surface area contributed by atoms with Gasteiger partial charge < -0.3 is 10.2 Å². The van der Waals surface area contributed by atoms with Gasteiger partial charge in [0.05, 0.1) is 17.2 Å². The number of piperidine rings is 1. The summed E-state index contributed by atoms with van der Waals surface area (Å²) < 4.78 is 14.5. The standard InChI is InChI=1S/C18H21FN4O2/c19-12-1-4-15-16(9-12)20-11-23(18(15)25)10-17(24)21-13-5-7-22(8-6-13)14-2-3-14/h1,4,9,11,13-14H,2-3,5-8,10H2,(H,21,24). The van der Waals surface area contributed by atoms with Crippen LogP contribution in [0.1, 0.15) is 25.7 Å². The molecule has 7 heteroatoms. The average Bonchev–Trinajstić information content (AvgIpc) is 3.43. The van der Waals surface area contributed by atoms with Crippen molar-refractivity contribution in [3.63, 3.8) is 0 Å². The Morgan fingerprint density at radius 3 is 2.72 bits per heavy atom. The lowest BCUT2D eigenvalue weighted by atomic mass is 10.0. The minimum atomic E-state index is -0.438. The summed E-state index contributed by atoms with van der Waals surface area (Å²) in [4.78, 5) is 31.3. The molecular formula is C18H21FN4O2. The summed E-state index contributed by atoms with van der Waals surface area (Å²) in [5, 5.41) is 3.33. The minimum absolute atomic E-state index is 0.0675. The molecule has 1 aliphatic carbocycles. The second kappa shape index (κ2) is 6.55. The summed E-state index contributed by atoms with van der Waals surface area (Å²) in [5.74, 6) is -0.623. The third-order valence-corrected chi connectivity index (χ3v) is 5.06. The van der Waals surface area contributed by atoms with E-state index in [9.17, 15) is 14.0 Å². The summed E-state index contributed by atoms with van der Waals surface area (Å²) in [6.07, 6.45) is 5.82. The Balaban J connectivity index is 1.39. The van der Waals surface area contributed by atoms with Gasteiger partial charge in [-0.05, 0) is 37.8 Å². The Morgan fingerprint density at radius 2 is 2.00 bits per heavy atom. The molecule has 132 valence electrons. The van der Waals surface area contributed by atoms with E-state index >= 15 is 0 Å². The van der Waals surface area contributed by atoms with Crippen molar-refractivity contribution in [3.05, 3.63) is 40.7 Å². The van der Waals surface area contributed by atoms with E-state index in [-0.39, 0.29) is 24.1 Å². The molecule has 1 amide bonds. The SMILES string of the molecule is O=C(Cn1cnc2cc(F)ccc2c1=O)NC1CCN(C2CC2)CC1. The highest BCUT2D eigenvalue weighted by Crippen LogP contribution is 2.29. The summed E-state index contributed by atoms with van der Waals surface area (Å²) in [6.45, 7) is 1.99. The van der Waals surface area contributed by atoms with Crippen molar-refractivity contribution < 1.29 is 9.18 Å². The Labute approximate surface area is 144 Å². The molecule has 1 aliphatic heterocycles. The monoisotopic (exact) mass is 344 g/mol. The Kier molecular flexibility index (Phi) is 4.25. The van der Waals surface area contributed by atoms with Crippen molar-refractivity contribution in [1.29, 1.82) is 0 Å². The largest absolute Gasteiger partial charge is 0.352 e. The van der Waals surface area contributed by atoms with Crippen molar-refractivity contribution in [3.8, 4) is 0 Å². The zero-order chi connectivity index (χ0) is 17.4. The number of rotatable bonds is 4. The summed E-state index contributed by atoms with van der Waals surface area (Å²) >= 11 is 0. The zero-order valence-corrected chi connectivity index (χ0v) is 13.9. The first-order valence-corrected chi connectivity index (χ1v) is 8.78. The number of halogens is 1. The van der Waals surface area contributed by atoms with Crippen molar-refractivity contribution in [2.24, 2.45) is 0 Å². The van der Waals surface area contributed by atoms with E-state index < -0.39 is 5.82 Å². The molecule has 2 heterocycles. The van der Waals surface area contributed by atoms with Gasteiger partial charge in [-0.25, -0.2) is 9.37 Å². The Bertz CT molecular complexity index is 854. The first-order valence-electron chi connectivity index (χ1n) is 8.78. The smallest absolute Gasteiger partial charge is 0.261 e. The predicted octanol–water partition coefficient (Wildman–Crippen LogP) is 1.28. The van der Waals surface area contributed by atoms with Gasteiger partial charge in [-0.2, -0.15) is 0 Å². The molecule has 6 nitrogen and oxygen atoms in total. The van der Waals surface area contributed by atoms with Crippen LogP contribution in [0.4, 0.5) is 4.39 Å². The van der Waals surface area contributed by atoms with Crippen LogP contribution in [-0.2, 0) is 11.3 Å². The molecule has 0 radical (unpaired) electrons. The van der Waals surface area contributed by atoms with Crippen molar-refractivity contribution in [2.45, 2.75) is 44.3 Å². The molecule has 1 N–H and O–H groups in total. The lowest BCUT2D eigenvalue weighted by Crippen LogP contribution is -2.46. The summed E-state index contributed by atoms with van der Waals surface area (Å²) in [5.41, 5.74) is -0.0298. The number of nitrogens with zero attached hydrogens (tertiary/aromatic N) is 3. The van der Waals surface area contributed by atoms with Crippen LogP contribution < -0.4 is 10.9 Å². The Morgan fingerprint density at radius 1 is 1.24 bits per heavy atom. The topological polar surface area (TPSA) is 67.2 Å². The summed E-state index contributed by atoms with van der Waals surface area (Å²) in [7, 11) is 0. The van der Waals surface area contributed by atoms with Crippen LogP contribution in [-0.4, -0.2) is 45.5 Å². The lowest BCUT2D eigenvalue weighted by molar-refractivity contribution is -0.122. The van der Waals surface area contributed by atoms with Crippen LogP contribution in [0, 0.1) is 5.82 Å². The maximum absolute atomic E-state index is 13.2. The number of nitrogens with one attached hydrogen (secondary N) is 1. The van der Waals surface area contributed by atoms with Gasteiger partial charge in [0.25, 0.3) is 5.56 Å². The van der Waals surface area contributed by atoms with E-state index in [2.05, 4.69) is 15.2 Å². The van der Waals surface area contributed by atoms with Crippen molar-refractivity contribution in [1.82, 2.24) is 19.8 Å². The number of carbonyl (C=O) groups excluding carboxylic acids is 1. The van der Waals surface area contributed by atoms with E-state index in [1.54, 1.807) is 0 Å². The molecule has 0 unspecified atom stereocenters. The first kappa shape index (κ1) is 16.2. The third kappa shape index (κ3) is 3.56. The van der Waals surface area contributed by atoms with Gasteiger partial charge in [-0.1, -0.05) is 0 Å². The first-order chi connectivity index (χ1) is 12.1. The van der Waals surface area contributed by atoms with Gasteiger partial charge in [0.1, 0.15) is 12.4 Å². The minimum Gasteiger partial charge on any atom is -0.352 e. The average molecular weight is 344 g/mol. The van der Waals surface area contributed by atoms with Gasteiger partial charge in [0, 0.05) is 31.2 Å². The quantitative estimate of drug-likeness (QED) is 0.907. The highest BCUT2D eigenvalue weighted by Gasteiger charge is 2.32. The third-order valence-electron chi connectivity index (χ3n) is 5.06. The highest BCUT2D eigenvalue weighted by atomic mass is 19.1. The number of benzene rings is 1. The molecular weight excluding hydrogens is 323 g/mol. The van der Waals surface area contributed by atoms with E-state index in [0.29, 0.717) is 10.9 Å². The van der Waals surface area contributed by atoms with Crippen molar-refractivity contribution >= 4 is 16.8 Å². The fourth-order valence-corrected chi connectivity index (χ4v) is 3.52. The molecule has 1 saturated heterocycles. The number of amides is 1. The molecule has 1 aromatic heterocycles. The van der Waals surface area contributed by atoms with Gasteiger partial charge in [0.15, 0.2) is 0 Å². The van der Waals surface area contributed by atoms with Crippen LogP contribution in [0.25, 0.3) is 10.9 Å². The number of carbonyl (C=O) groups is 1. The van der Waals surface area contributed by atoms with E-state index in [1.807, 2.05) is 0 Å². The molecule has 25 heavy (non-hydrogen) atoms. The molecule has 2 fully saturated rings. The Hall–Kier alpha value is -2.28. The predicted molar refractivity (Wildman–Crippen MR) is 91.7 cm³/mol. The van der Waals surface area contributed by atoms with E-state index in [1.165, 1.54) is 41.9 Å². The number of likely N-dealkylation sites (tertiary alicyclic amines) is 1. The van der Waals surface area contributed by atoms with Gasteiger partial charge >= 0.3 is 0 Å². The summed E-state index contributed by atoms with van der Waals surface area (Å²) in [6, 6.07) is 4.78. The lowest BCUT2D eigenvalue weighted by Gasteiger charge is -2.32. The zero-order valence-electron chi connectivity index (χ0n) is 13.9. The molecule has 0 bridgehead atoms. The number of hydrogen-bond donors (Lipinski definition) is 1. The molecule has 0 atom stereocenters. The molecule has 0 spiro atoms. The van der Waals surface area contributed by atoms with Gasteiger partial charge in [-0.15, -0.1) is 0 Å². The number of aromatic nitrogens is 2. The number of fused-ring (bicyclic) bond motifs is 1. The van der Waals surface area contributed by atoms with Crippen LogP contribution in [0.3, 0.4) is 0 Å². The maximum atomic E-state index is 13.2. The van der Waals surface area contributed by atoms with E-state index in [4.69, 9.17) is 0 Å².